The minimum atomic E-state index is -0.214. The van der Waals surface area contributed by atoms with Crippen molar-refractivity contribution < 1.29 is 4.79 Å². The average molecular weight is 398 g/mol. The highest BCUT2D eigenvalue weighted by Gasteiger charge is 2.60. The molecular formula is C27H43NO. The third-order valence-corrected chi connectivity index (χ3v) is 9.49. The van der Waals surface area contributed by atoms with Gasteiger partial charge in [-0.2, -0.15) is 0 Å². The standard InChI is InChI=1S/C27H43NO/c1-5-15-27-18-14-22-25(3,23(27)13-12-20(2)19-27)16-9-17-26(22,4)24(29)28-21-10-7-6-8-11-21/h5,13,20-22H,1,6-12,14-19H2,2-4H3,(H,28,29). The largest absolute Gasteiger partial charge is 0.353 e. The number of hydrogen-bond donors (Lipinski definition) is 1. The molecule has 0 aromatic heterocycles. The first kappa shape index (κ1) is 21.2. The Bertz CT molecular complexity index is 674. The molecule has 5 unspecified atom stereocenters. The zero-order chi connectivity index (χ0) is 20.7. The molecule has 29 heavy (non-hydrogen) atoms. The van der Waals surface area contributed by atoms with Gasteiger partial charge in [-0.05, 0) is 80.5 Å². The summed E-state index contributed by atoms with van der Waals surface area (Å²) in [6.07, 6.45) is 20.6. The van der Waals surface area contributed by atoms with Gasteiger partial charge in [0.15, 0.2) is 0 Å². The van der Waals surface area contributed by atoms with Crippen molar-refractivity contribution in [3.05, 3.63) is 24.3 Å². The van der Waals surface area contributed by atoms with Crippen molar-refractivity contribution in [1.82, 2.24) is 5.32 Å². The summed E-state index contributed by atoms with van der Waals surface area (Å²) in [4.78, 5) is 13.7. The Hall–Kier alpha value is -1.05. The molecule has 3 fully saturated rings. The summed E-state index contributed by atoms with van der Waals surface area (Å²) in [5, 5.41) is 3.52. The maximum atomic E-state index is 13.7. The van der Waals surface area contributed by atoms with Crippen LogP contribution < -0.4 is 5.32 Å². The molecule has 0 saturated heterocycles. The first-order valence-electron chi connectivity index (χ1n) is 12.5. The Labute approximate surface area is 179 Å². The Morgan fingerprint density at radius 1 is 1.14 bits per heavy atom. The quantitative estimate of drug-likeness (QED) is 0.510. The summed E-state index contributed by atoms with van der Waals surface area (Å²) < 4.78 is 0. The zero-order valence-electron chi connectivity index (χ0n) is 19.2. The lowest BCUT2D eigenvalue weighted by Gasteiger charge is -2.62. The molecule has 0 aliphatic heterocycles. The molecule has 162 valence electrons. The van der Waals surface area contributed by atoms with E-state index in [2.05, 4.69) is 44.8 Å². The van der Waals surface area contributed by atoms with E-state index in [1.807, 2.05) is 0 Å². The van der Waals surface area contributed by atoms with Crippen molar-refractivity contribution in [1.29, 1.82) is 0 Å². The minimum Gasteiger partial charge on any atom is -0.353 e. The second kappa shape index (κ2) is 7.89. The molecule has 3 saturated carbocycles. The molecule has 4 aliphatic rings. The molecule has 0 aromatic carbocycles. The van der Waals surface area contributed by atoms with Gasteiger partial charge in [0.25, 0.3) is 0 Å². The van der Waals surface area contributed by atoms with Crippen LogP contribution in [0.3, 0.4) is 0 Å². The van der Waals surface area contributed by atoms with E-state index in [1.165, 1.54) is 70.6 Å². The van der Waals surface area contributed by atoms with Crippen LogP contribution in [0.2, 0.25) is 0 Å². The molecule has 1 N–H and O–H groups in total. The van der Waals surface area contributed by atoms with Crippen molar-refractivity contribution in [2.24, 2.45) is 28.1 Å². The first-order chi connectivity index (χ1) is 13.8. The van der Waals surface area contributed by atoms with Crippen LogP contribution in [-0.2, 0) is 4.79 Å². The van der Waals surface area contributed by atoms with Crippen LogP contribution in [-0.4, -0.2) is 11.9 Å². The highest BCUT2D eigenvalue weighted by molar-refractivity contribution is 5.83. The number of amides is 1. The summed E-state index contributed by atoms with van der Waals surface area (Å²) in [6, 6.07) is 0.416. The fraction of sp³-hybridized carbons (Fsp3) is 0.815. The Morgan fingerprint density at radius 3 is 2.62 bits per heavy atom. The van der Waals surface area contributed by atoms with Gasteiger partial charge in [0.2, 0.25) is 5.91 Å². The Balaban J connectivity index is 1.63. The number of nitrogens with one attached hydrogen (secondary N) is 1. The van der Waals surface area contributed by atoms with Gasteiger partial charge < -0.3 is 5.32 Å². The summed E-state index contributed by atoms with van der Waals surface area (Å²) in [7, 11) is 0. The van der Waals surface area contributed by atoms with Gasteiger partial charge >= 0.3 is 0 Å². The van der Waals surface area contributed by atoms with Gasteiger partial charge in [-0.15, -0.1) is 6.58 Å². The summed E-state index contributed by atoms with van der Waals surface area (Å²) in [6.45, 7) is 11.4. The smallest absolute Gasteiger partial charge is 0.226 e. The molecule has 5 atom stereocenters. The van der Waals surface area contributed by atoms with E-state index in [0.717, 1.165) is 18.8 Å². The first-order valence-corrected chi connectivity index (χ1v) is 12.5. The highest BCUT2D eigenvalue weighted by Crippen LogP contribution is 2.67. The number of fused-ring (bicyclic) bond motifs is 3. The molecule has 2 nitrogen and oxygen atoms in total. The van der Waals surface area contributed by atoms with Crippen LogP contribution in [0.1, 0.15) is 104 Å². The molecule has 0 heterocycles. The molecule has 0 radical (unpaired) electrons. The van der Waals surface area contributed by atoms with E-state index in [4.69, 9.17) is 0 Å². The molecule has 0 aromatic rings. The topological polar surface area (TPSA) is 29.1 Å². The summed E-state index contributed by atoms with van der Waals surface area (Å²) in [5.41, 5.74) is 1.98. The third-order valence-electron chi connectivity index (χ3n) is 9.49. The maximum absolute atomic E-state index is 13.7. The highest BCUT2D eigenvalue weighted by atomic mass is 16.2. The van der Waals surface area contributed by atoms with Crippen LogP contribution in [0, 0.1) is 28.1 Å². The van der Waals surface area contributed by atoms with Gasteiger partial charge in [0, 0.05) is 6.04 Å². The minimum absolute atomic E-state index is 0.179. The monoisotopic (exact) mass is 397 g/mol. The Morgan fingerprint density at radius 2 is 1.90 bits per heavy atom. The van der Waals surface area contributed by atoms with E-state index in [1.54, 1.807) is 5.57 Å². The fourth-order valence-corrected chi connectivity index (χ4v) is 8.17. The number of rotatable bonds is 4. The maximum Gasteiger partial charge on any atom is 0.226 e. The number of carbonyl (C=O) groups is 1. The van der Waals surface area contributed by atoms with Crippen molar-refractivity contribution >= 4 is 5.91 Å². The van der Waals surface area contributed by atoms with Crippen LogP contribution >= 0.6 is 0 Å². The SMILES string of the molecule is C=CCC12CCC3C(C)(C(=O)NC4CCCCC4)CCCC3(C)C1=CCC(C)C2. The van der Waals surface area contributed by atoms with Gasteiger partial charge in [-0.1, -0.05) is 64.2 Å². The van der Waals surface area contributed by atoms with Gasteiger partial charge in [-0.25, -0.2) is 0 Å². The van der Waals surface area contributed by atoms with Gasteiger partial charge in [0.05, 0.1) is 5.41 Å². The molecular weight excluding hydrogens is 354 g/mol. The fourth-order valence-electron chi connectivity index (χ4n) is 8.17. The van der Waals surface area contributed by atoms with E-state index >= 15 is 0 Å². The van der Waals surface area contributed by atoms with E-state index in [-0.39, 0.29) is 10.8 Å². The van der Waals surface area contributed by atoms with E-state index < -0.39 is 0 Å². The van der Waals surface area contributed by atoms with E-state index in [0.29, 0.717) is 23.3 Å². The summed E-state index contributed by atoms with van der Waals surface area (Å²) >= 11 is 0. The van der Waals surface area contributed by atoms with Gasteiger partial charge in [0.1, 0.15) is 0 Å². The second-order valence-corrected chi connectivity index (χ2v) is 11.5. The van der Waals surface area contributed by atoms with Crippen molar-refractivity contribution in [2.45, 2.75) is 110 Å². The zero-order valence-corrected chi connectivity index (χ0v) is 19.2. The Kier molecular flexibility index (Phi) is 5.77. The van der Waals surface area contributed by atoms with Crippen molar-refractivity contribution in [3.63, 3.8) is 0 Å². The number of allylic oxidation sites excluding steroid dienone is 3. The van der Waals surface area contributed by atoms with Crippen LogP contribution in [0.5, 0.6) is 0 Å². The molecule has 0 spiro atoms. The lowest BCUT2D eigenvalue weighted by atomic mass is 9.42. The molecule has 4 rings (SSSR count). The predicted octanol–water partition coefficient (Wildman–Crippen LogP) is 6.96. The average Bonchev–Trinajstić information content (AvgIpc) is 2.68. The predicted molar refractivity (Wildman–Crippen MR) is 122 cm³/mol. The summed E-state index contributed by atoms with van der Waals surface area (Å²) in [5.74, 6) is 1.61. The van der Waals surface area contributed by atoms with Gasteiger partial charge in [-0.3, -0.25) is 4.79 Å². The lowest BCUT2D eigenvalue weighted by molar-refractivity contribution is -0.144. The molecule has 4 aliphatic carbocycles. The second-order valence-electron chi connectivity index (χ2n) is 11.5. The number of carbonyl (C=O) groups excluding carboxylic acids is 1. The molecule has 1 amide bonds. The van der Waals surface area contributed by atoms with Crippen LogP contribution in [0.25, 0.3) is 0 Å². The van der Waals surface area contributed by atoms with Crippen molar-refractivity contribution in [2.75, 3.05) is 0 Å². The van der Waals surface area contributed by atoms with Crippen LogP contribution in [0.4, 0.5) is 0 Å². The lowest BCUT2D eigenvalue weighted by Crippen LogP contribution is -2.58. The number of hydrogen-bond acceptors (Lipinski definition) is 1. The molecule has 2 heteroatoms. The third kappa shape index (κ3) is 3.53. The van der Waals surface area contributed by atoms with Crippen molar-refractivity contribution in [3.8, 4) is 0 Å². The normalized spacial score (nSPS) is 42.9. The van der Waals surface area contributed by atoms with E-state index in [9.17, 15) is 4.79 Å². The molecule has 0 bridgehead atoms. The van der Waals surface area contributed by atoms with Crippen LogP contribution in [0.15, 0.2) is 24.3 Å².